The largest absolute Gasteiger partial charge is 0.477 e. The predicted octanol–water partition coefficient (Wildman–Crippen LogP) is 3.68. The maximum atomic E-state index is 11.7. The average Bonchev–Trinajstić information content (AvgIpc) is 2.93. The second-order valence-corrected chi connectivity index (χ2v) is 6.63. The highest BCUT2D eigenvalue weighted by Crippen LogP contribution is 2.53. The molecule has 0 bridgehead atoms. The molecule has 1 aromatic heterocycles. The van der Waals surface area contributed by atoms with Crippen LogP contribution < -0.4 is 4.90 Å². The summed E-state index contributed by atoms with van der Waals surface area (Å²) in [5.74, 6) is -0.282. The number of benzene rings is 1. The molecule has 0 amide bonds. The molecular weight excluding hydrogens is 304 g/mol. The average molecular weight is 319 g/mol. The van der Waals surface area contributed by atoms with Gasteiger partial charge in [-0.15, -0.1) is 0 Å². The molecule has 1 spiro atoms. The highest BCUT2D eigenvalue weighted by molar-refractivity contribution is 6.30. The number of carbonyl (C=O) groups is 1. The molecule has 0 unspecified atom stereocenters. The number of aromatic nitrogens is 1. The summed E-state index contributed by atoms with van der Waals surface area (Å²) in [5, 5.41) is 14.2. The van der Waals surface area contributed by atoms with E-state index in [1.54, 1.807) is 24.3 Å². The van der Waals surface area contributed by atoms with Crippen molar-refractivity contribution in [1.82, 2.24) is 5.16 Å². The van der Waals surface area contributed by atoms with Crippen molar-refractivity contribution in [2.75, 3.05) is 18.0 Å². The molecule has 1 aromatic carbocycles. The predicted molar refractivity (Wildman–Crippen MR) is 82.4 cm³/mol. The smallest absolute Gasteiger partial charge is 0.343 e. The van der Waals surface area contributed by atoms with E-state index in [-0.39, 0.29) is 11.3 Å². The van der Waals surface area contributed by atoms with Crippen molar-refractivity contribution in [3.63, 3.8) is 0 Å². The van der Waals surface area contributed by atoms with Crippen molar-refractivity contribution in [3.05, 3.63) is 34.9 Å². The summed E-state index contributed by atoms with van der Waals surface area (Å²) in [6.45, 7) is 1.72. The number of nitrogens with zero attached hydrogens (tertiary/aromatic N) is 2. The molecule has 2 aromatic rings. The van der Waals surface area contributed by atoms with Gasteiger partial charge in [0.15, 0.2) is 17.1 Å². The zero-order chi connectivity index (χ0) is 15.3. The molecule has 2 heterocycles. The van der Waals surface area contributed by atoms with Crippen LogP contribution in [-0.2, 0) is 0 Å². The van der Waals surface area contributed by atoms with Gasteiger partial charge in [-0.3, -0.25) is 0 Å². The van der Waals surface area contributed by atoms with Crippen LogP contribution in [0, 0.1) is 5.41 Å². The van der Waals surface area contributed by atoms with Gasteiger partial charge in [-0.1, -0.05) is 16.8 Å². The minimum Gasteiger partial charge on any atom is -0.477 e. The molecule has 0 radical (unpaired) electrons. The van der Waals surface area contributed by atoms with E-state index in [4.69, 9.17) is 16.1 Å². The lowest BCUT2D eigenvalue weighted by molar-refractivity contribution is 0.0698. The van der Waals surface area contributed by atoms with Crippen LogP contribution in [0.15, 0.2) is 28.8 Å². The van der Waals surface area contributed by atoms with Crippen molar-refractivity contribution in [3.8, 4) is 11.3 Å². The monoisotopic (exact) mass is 318 g/mol. The lowest BCUT2D eigenvalue weighted by Crippen LogP contribution is -2.22. The molecule has 5 nitrogen and oxygen atoms in total. The van der Waals surface area contributed by atoms with Crippen LogP contribution in [-0.4, -0.2) is 29.3 Å². The van der Waals surface area contributed by atoms with E-state index < -0.39 is 5.97 Å². The zero-order valence-corrected chi connectivity index (χ0v) is 12.6. The quantitative estimate of drug-likeness (QED) is 0.935. The van der Waals surface area contributed by atoms with Crippen molar-refractivity contribution in [2.45, 2.75) is 19.3 Å². The molecule has 1 aliphatic carbocycles. The van der Waals surface area contributed by atoms with Gasteiger partial charge in [0.2, 0.25) is 0 Å². The molecule has 1 aliphatic heterocycles. The van der Waals surface area contributed by atoms with Crippen molar-refractivity contribution < 1.29 is 14.4 Å². The molecule has 114 valence electrons. The fourth-order valence-electron chi connectivity index (χ4n) is 3.19. The first kappa shape index (κ1) is 13.6. The lowest BCUT2D eigenvalue weighted by Gasteiger charge is -2.15. The van der Waals surface area contributed by atoms with Crippen molar-refractivity contribution in [2.24, 2.45) is 5.41 Å². The first-order valence-corrected chi connectivity index (χ1v) is 7.70. The highest BCUT2D eigenvalue weighted by atomic mass is 35.5. The summed E-state index contributed by atoms with van der Waals surface area (Å²) in [6.07, 6.45) is 3.57. The van der Waals surface area contributed by atoms with Crippen LogP contribution in [0.25, 0.3) is 11.3 Å². The molecule has 0 atom stereocenters. The third kappa shape index (κ3) is 2.16. The number of aromatic carboxylic acids is 1. The first-order valence-electron chi connectivity index (χ1n) is 7.32. The normalized spacial score (nSPS) is 18.9. The SMILES string of the molecule is O=C(O)c1c(N2CCC3(CC3)C2)noc1-c1ccc(Cl)cc1. The van der Waals surface area contributed by atoms with Crippen LogP contribution in [0.4, 0.5) is 5.82 Å². The van der Waals surface area contributed by atoms with E-state index in [0.29, 0.717) is 21.8 Å². The van der Waals surface area contributed by atoms with Crippen LogP contribution in [0.3, 0.4) is 0 Å². The molecule has 1 N–H and O–H groups in total. The van der Waals surface area contributed by atoms with Gasteiger partial charge in [0, 0.05) is 23.7 Å². The summed E-state index contributed by atoms with van der Waals surface area (Å²) in [7, 11) is 0. The van der Waals surface area contributed by atoms with Crippen LogP contribution in [0.2, 0.25) is 5.02 Å². The minimum absolute atomic E-state index is 0.139. The van der Waals surface area contributed by atoms with Gasteiger partial charge >= 0.3 is 5.97 Å². The Hall–Kier alpha value is -2.01. The van der Waals surface area contributed by atoms with Gasteiger partial charge < -0.3 is 14.5 Å². The fourth-order valence-corrected chi connectivity index (χ4v) is 3.32. The number of hydrogen-bond donors (Lipinski definition) is 1. The Balaban J connectivity index is 1.74. The maximum Gasteiger partial charge on any atom is 0.343 e. The Kier molecular flexibility index (Phi) is 2.94. The molecule has 2 aliphatic rings. The van der Waals surface area contributed by atoms with Gasteiger partial charge in [-0.2, -0.15) is 0 Å². The Morgan fingerprint density at radius 2 is 2.00 bits per heavy atom. The molecular formula is C16H15ClN2O3. The summed E-state index contributed by atoms with van der Waals surface area (Å²) in [6, 6.07) is 6.90. The number of hydrogen-bond acceptors (Lipinski definition) is 4. The number of carboxylic acids is 1. The van der Waals surface area contributed by atoms with E-state index in [1.165, 1.54) is 12.8 Å². The van der Waals surface area contributed by atoms with Crippen molar-refractivity contribution in [1.29, 1.82) is 0 Å². The summed E-state index contributed by atoms with van der Waals surface area (Å²) in [5.41, 5.74) is 1.20. The topological polar surface area (TPSA) is 66.6 Å². The zero-order valence-electron chi connectivity index (χ0n) is 11.9. The van der Waals surface area contributed by atoms with Gasteiger partial charge in [0.1, 0.15) is 0 Å². The summed E-state index contributed by atoms with van der Waals surface area (Å²) in [4.78, 5) is 13.8. The molecule has 1 saturated carbocycles. The Bertz CT molecular complexity index is 734. The van der Waals surface area contributed by atoms with Gasteiger partial charge in [-0.05, 0) is 48.9 Å². The molecule has 4 rings (SSSR count). The van der Waals surface area contributed by atoms with Gasteiger partial charge in [-0.25, -0.2) is 4.79 Å². The third-order valence-corrected chi connectivity index (χ3v) is 4.94. The van der Waals surface area contributed by atoms with E-state index in [0.717, 1.165) is 19.5 Å². The number of halogens is 1. The molecule has 22 heavy (non-hydrogen) atoms. The first-order chi connectivity index (χ1) is 10.6. The van der Waals surface area contributed by atoms with E-state index in [2.05, 4.69) is 5.16 Å². The summed E-state index contributed by atoms with van der Waals surface area (Å²) < 4.78 is 5.37. The number of anilines is 1. The van der Waals surface area contributed by atoms with E-state index >= 15 is 0 Å². The standard InChI is InChI=1S/C16H15ClN2O3/c17-11-3-1-10(2-4-11)13-12(15(20)21)14(18-22-13)19-8-7-16(9-19)5-6-16/h1-4H,5-9H2,(H,20,21). The van der Waals surface area contributed by atoms with Crippen LogP contribution in [0.5, 0.6) is 0 Å². The number of carboxylic acid groups (broad SMARTS) is 1. The van der Waals surface area contributed by atoms with E-state index in [1.807, 2.05) is 4.90 Å². The Morgan fingerprint density at radius 1 is 1.27 bits per heavy atom. The van der Waals surface area contributed by atoms with Crippen LogP contribution >= 0.6 is 11.6 Å². The summed E-state index contributed by atoms with van der Waals surface area (Å²) >= 11 is 5.88. The number of rotatable bonds is 3. The van der Waals surface area contributed by atoms with Crippen LogP contribution in [0.1, 0.15) is 29.6 Å². The Morgan fingerprint density at radius 3 is 2.59 bits per heavy atom. The molecule has 6 heteroatoms. The maximum absolute atomic E-state index is 11.7. The lowest BCUT2D eigenvalue weighted by atomic mass is 10.1. The fraction of sp³-hybridized carbons (Fsp3) is 0.375. The van der Waals surface area contributed by atoms with Gasteiger partial charge in [0.05, 0.1) is 0 Å². The second kappa shape index (κ2) is 4.74. The third-order valence-electron chi connectivity index (χ3n) is 4.69. The Labute approximate surface area is 132 Å². The molecule has 1 saturated heterocycles. The highest BCUT2D eigenvalue weighted by Gasteiger charge is 2.49. The molecule has 2 fully saturated rings. The minimum atomic E-state index is -1.02. The second-order valence-electron chi connectivity index (χ2n) is 6.19. The van der Waals surface area contributed by atoms with E-state index in [9.17, 15) is 9.90 Å². The van der Waals surface area contributed by atoms with Gasteiger partial charge in [0.25, 0.3) is 0 Å². The van der Waals surface area contributed by atoms with Crippen molar-refractivity contribution >= 4 is 23.4 Å².